The van der Waals surface area contributed by atoms with Gasteiger partial charge in [0.25, 0.3) is 0 Å². The number of hydrogen-bond acceptors (Lipinski definition) is 4. The van der Waals surface area contributed by atoms with Crippen molar-refractivity contribution in [3.8, 4) is 23.0 Å². The Bertz CT molecular complexity index is 2680. The summed E-state index contributed by atoms with van der Waals surface area (Å²) >= 11 is 0. The zero-order chi connectivity index (χ0) is 41.0. The first kappa shape index (κ1) is 38.1. The van der Waals surface area contributed by atoms with Crippen molar-refractivity contribution in [3.63, 3.8) is 0 Å². The fourth-order valence-electron chi connectivity index (χ4n) is 8.59. The molecule has 0 saturated heterocycles. The van der Waals surface area contributed by atoms with Crippen LogP contribution in [0.5, 0.6) is 23.0 Å². The van der Waals surface area contributed by atoms with Crippen molar-refractivity contribution in [1.82, 2.24) is 19.9 Å². The van der Waals surface area contributed by atoms with Gasteiger partial charge in [-0.2, -0.15) is 0 Å². The summed E-state index contributed by atoms with van der Waals surface area (Å²) < 4.78 is 0. The summed E-state index contributed by atoms with van der Waals surface area (Å²) in [4.78, 5) is 15.1. The van der Waals surface area contributed by atoms with Crippen LogP contribution in [0.2, 0.25) is 0 Å². The minimum Gasteiger partial charge on any atom is -0.508 e. The highest BCUT2D eigenvalue weighted by atomic mass is 16.3. The number of aryl methyl sites for hydroxylation is 1. The molecule has 4 aromatic carbocycles. The average molecular weight is 771 g/mol. The third-order valence-corrected chi connectivity index (χ3v) is 12.7. The number of benzene rings is 4. The number of aromatic nitrogens is 4. The molecule has 0 aliphatic rings. The van der Waals surface area contributed by atoms with E-state index >= 15 is 0 Å². The van der Waals surface area contributed by atoms with Crippen LogP contribution in [-0.2, 0) is 21.7 Å². The maximum Gasteiger partial charge on any atom is 0.115 e. The molecule has 4 heterocycles. The van der Waals surface area contributed by atoms with Gasteiger partial charge in [-0.15, -0.1) is 0 Å². The fraction of sp³-hybridized carbons (Fsp3) is 0.200. The molecule has 3 atom stereocenters. The van der Waals surface area contributed by atoms with E-state index in [1.165, 1.54) is 0 Å². The van der Waals surface area contributed by atoms with Crippen molar-refractivity contribution in [1.29, 1.82) is 0 Å². The van der Waals surface area contributed by atoms with Crippen LogP contribution in [0.1, 0.15) is 102 Å². The second-order valence-electron chi connectivity index (χ2n) is 16.6. The molecule has 0 bridgehead atoms. The summed E-state index contributed by atoms with van der Waals surface area (Å²) in [5, 5.41) is 40.9. The molecule has 0 aliphatic heterocycles. The summed E-state index contributed by atoms with van der Waals surface area (Å²) in [5.41, 5.74) is 9.40. The summed E-state index contributed by atoms with van der Waals surface area (Å²) in [6.45, 7) is 12.9. The highest BCUT2D eigenvalue weighted by molar-refractivity contribution is 5.54. The second-order valence-corrected chi connectivity index (χ2v) is 16.6. The van der Waals surface area contributed by atoms with Gasteiger partial charge in [0.1, 0.15) is 23.0 Å². The zero-order valence-corrected chi connectivity index (χ0v) is 33.6. The number of H-pyrrole nitrogens is 4. The largest absolute Gasteiger partial charge is 0.508 e. The van der Waals surface area contributed by atoms with Gasteiger partial charge in [-0.05, 0) is 147 Å². The van der Waals surface area contributed by atoms with Gasteiger partial charge in [-0.1, -0.05) is 62.4 Å². The van der Waals surface area contributed by atoms with Gasteiger partial charge in [0.15, 0.2) is 0 Å². The zero-order valence-electron chi connectivity index (χ0n) is 33.6. The molecule has 0 radical (unpaired) electrons. The smallest absolute Gasteiger partial charge is 0.115 e. The van der Waals surface area contributed by atoms with Crippen molar-refractivity contribution in [2.45, 2.75) is 63.2 Å². The summed E-state index contributed by atoms with van der Waals surface area (Å²) in [7, 11) is 0. The van der Waals surface area contributed by atoms with E-state index in [0.717, 1.165) is 67.8 Å². The van der Waals surface area contributed by atoms with Crippen LogP contribution in [-0.4, -0.2) is 40.4 Å². The maximum absolute atomic E-state index is 10.4. The van der Waals surface area contributed by atoms with Crippen LogP contribution in [0.15, 0.2) is 146 Å². The first-order valence-electron chi connectivity index (χ1n) is 19.6. The number of aromatic amines is 4. The predicted octanol–water partition coefficient (Wildman–Crippen LogP) is 10.5. The molecule has 0 fully saturated rings. The first-order valence-corrected chi connectivity index (χ1v) is 19.6. The number of rotatable bonds is 11. The Labute approximate surface area is 338 Å². The molecule has 0 spiro atoms. The molecule has 0 saturated carbocycles. The fourth-order valence-corrected chi connectivity index (χ4v) is 8.59. The van der Waals surface area contributed by atoms with E-state index in [1.54, 1.807) is 48.5 Å². The molecular weight excluding hydrogens is 721 g/mol. The number of aromatic hydroxyl groups is 4. The van der Waals surface area contributed by atoms with Crippen LogP contribution in [0.3, 0.4) is 0 Å². The molecule has 8 nitrogen and oxygen atoms in total. The summed E-state index contributed by atoms with van der Waals surface area (Å²) in [5.74, 6) is 0.811. The Balaban J connectivity index is 1.27. The number of phenolic OH excluding ortho intramolecular Hbond substituents is 4. The molecule has 3 unspecified atom stereocenters. The molecule has 0 aliphatic carbocycles. The van der Waals surface area contributed by atoms with Gasteiger partial charge in [0.05, 0.1) is 16.2 Å². The molecule has 294 valence electrons. The molecule has 8 heteroatoms. The van der Waals surface area contributed by atoms with Crippen LogP contribution in [0, 0.1) is 6.92 Å². The van der Waals surface area contributed by atoms with Crippen molar-refractivity contribution in [3.05, 3.63) is 213 Å². The number of nitrogens with one attached hydrogen (secondary N) is 4. The summed E-state index contributed by atoms with van der Waals surface area (Å²) in [6, 6.07) is 46.5. The van der Waals surface area contributed by atoms with Gasteiger partial charge in [0, 0.05) is 51.0 Å². The van der Waals surface area contributed by atoms with E-state index in [9.17, 15) is 20.4 Å². The average Bonchev–Trinajstić information content (AvgIpc) is 4.06. The minimum absolute atomic E-state index is 0.185. The molecule has 8 aromatic rings. The van der Waals surface area contributed by atoms with Crippen LogP contribution in [0.4, 0.5) is 0 Å². The lowest BCUT2D eigenvalue weighted by atomic mass is 9.76. The van der Waals surface area contributed by atoms with Gasteiger partial charge in [0.2, 0.25) is 0 Å². The minimum atomic E-state index is -0.747. The van der Waals surface area contributed by atoms with E-state index in [2.05, 4.69) is 103 Å². The van der Waals surface area contributed by atoms with Crippen molar-refractivity contribution < 1.29 is 20.4 Å². The van der Waals surface area contributed by atoms with E-state index in [-0.39, 0.29) is 28.4 Å². The second kappa shape index (κ2) is 14.0. The van der Waals surface area contributed by atoms with Gasteiger partial charge in [-0.25, -0.2) is 0 Å². The predicted molar refractivity (Wildman–Crippen MR) is 229 cm³/mol. The number of phenols is 4. The summed E-state index contributed by atoms with van der Waals surface area (Å²) in [6.07, 6.45) is 0. The van der Waals surface area contributed by atoms with Crippen LogP contribution >= 0.6 is 0 Å². The van der Waals surface area contributed by atoms with Gasteiger partial charge in [-0.3, -0.25) is 0 Å². The molecule has 8 N–H and O–H groups in total. The Morgan fingerprint density at radius 1 is 0.293 bits per heavy atom. The quantitative estimate of drug-likeness (QED) is 0.0662. The van der Waals surface area contributed by atoms with Gasteiger partial charge < -0.3 is 40.4 Å². The highest BCUT2D eigenvalue weighted by Crippen LogP contribution is 2.46. The molecule has 4 aromatic heterocycles. The Kier molecular flexibility index (Phi) is 9.19. The topological polar surface area (TPSA) is 144 Å². The maximum atomic E-state index is 10.4. The third-order valence-electron chi connectivity index (χ3n) is 12.7. The van der Waals surface area contributed by atoms with E-state index in [1.807, 2.05) is 55.5 Å². The normalized spacial score (nSPS) is 15.1. The molecular formula is C50H50N4O4. The van der Waals surface area contributed by atoms with Crippen molar-refractivity contribution >= 4 is 0 Å². The standard InChI is InChI=1S/C50H50N4O4/c1-31-7-24-41(51-31)48(4,33-10-18-37(56)19-11-33)43-27-28-45(53-43)50(6,35-14-22-39(58)23-15-35)46-30-29-44(54-46)49(5,34-12-20-38(57)21-13-34)42-26-25-40(52-42)47(2,3)32-8-16-36(55)17-9-32/h7-30,51-58H,1-6H3. The lowest BCUT2D eigenvalue weighted by Gasteiger charge is -2.33. The Morgan fingerprint density at radius 2 is 0.534 bits per heavy atom. The van der Waals surface area contributed by atoms with E-state index in [0.29, 0.717) is 0 Å². The number of hydrogen-bond donors (Lipinski definition) is 8. The lowest BCUT2D eigenvalue weighted by molar-refractivity contribution is 0.473. The Hall–Kier alpha value is -6.80. The molecule has 58 heavy (non-hydrogen) atoms. The van der Waals surface area contributed by atoms with E-state index in [4.69, 9.17) is 0 Å². The first-order chi connectivity index (χ1) is 27.6. The van der Waals surface area contributed by atoms with Crippen molar-refractivity contribution in [2.75, 3.05) is 0 Å². The lowest BCUT2D eigenvalue weighted by Crippen LogP contribution is -2.30. The third kappa shape index (κ3) is 6.25. The van der Waals surface area contributed by atoms with Gasteiger partial charge >= 0.3 is 0 Å². The molecule has 8 rings (SSSR count). The van der Waals surface area contributed by atoms with Crippen LogP contribution in [0.25, 0.3) is 0 Å². The molecule has 0 amide bonds. The monoisotopic (exact) mass is 770 g/mol. The van der Waals surface area contributed by atoms with E-state index < -0.39 is 16.2 Å². The highest BCUT2D eigenvalue weighted by Gasteiger charge is 2.41. The Morgan fingerprint density at radius 3 is 0.828 bits per heavy atom. The SMILES string of the molecule is Cc1ccc(C(C)(c2ccc(O)cc2)c2ccc(C(C)(c3ccc(O)cc3)c3ccc(C(C)(c4ccc(O)cc4)c4ccc(C(C)(C)c5ccc(O)cc5)[nH]4)[nH]3)[nH]2)[nH]1. The van der Waals surface area contributed by atoms with Crippen LogP contribution < -0.4 is 0 Å². The van der Waals surface area contributed by atoms with Crippen molar-refractivity contribution in [2.24, 2.45) is 0 Å².